The zero-order valence-corrected chi connectivity index (χ0v) is 9.73. The Labute approximate surface area is 94.5 Å². The maximum atomic E-state index is 10.8. The third-order valence-corrected chi connectivity index (χ3v) is 2.01. The van der Waals surface area contributed by atoms with Crippen molar-refractivity contribution in [3.63, 3.8) is 0 Å². The fraction of sp³-hybridized carbons (Fsp3) is 0.545. The predicted octanol–water partition coefficient (Wildman–Crippen LogP) is 1.99. The molecule has 0 saturated heterocycles. The molecule has 0 atom stereocenters. The van der Waals surface area contributed by atoms with E-state index in [1.165, 1.54) is 12.3 Å². The first kappa shape index (κ1) is 12.4. The van der Waals surface area contributed by atoms with Crippen molar-refractivity contribution in [1.29, 1.82) is 0 Å². The molecule has 5 heteroatoms. The molecule has 0 fully saturated rings. The van der Waals surface area contributed by atoms with Crippen molar-refractivity contribution in [1.82, 2.24) is 10.2 Å². The van der Waals surface area contributed by atoms with Crippen LogP contribution in [-0.4, -0.2) is 27.9 Å². The number of carbonyl (C=O) groups is 1. The summed E-state index contributed by atoms with van der Waals surface area (Å²) in [5.74, 6) is -0.972. The Morgan fingerprint density at radius 1 is 1.50 bits per heavy atom. The van der Waals surface area contributed by atoms with E-state index in [9.17, 15) is 4.79 Å². The molecule has 16 heavy (non-hydrogen) atoms. The number of aromatic nitrogens is 2. The molecule has 0 spiro atoms. The molecule has 0 radical (unpaired) electrons. The van der Waals surface area contributed by atoms with Crippen molar-refractivity contribution >= 4 is 5.97 Å². The minimum Gasteiger partial charge on any atom is -0.477 e. The van der Waals surface area contributed by atoms with Gasteiger partial charge in [-0.05, 0) is 17.9 Å². The second kappa shape index (κ2) is 4.92. The Bertz CT molecular complexity index is 372. The molecule has 1 heterocycles. The lowest BCUT2D eigenvalue weighted by atomic mass is 9.93. The number of ether oxygens (including phenoxy) is 1. The summed E-state index contributed by atoms with van der Waals surface area (Å²) < 4.78 is 5.32. The topological polar surface area (TPSA) is 72.3 Å². The molecule has 0 aliphatic rings. The van der Waals surface area contributed by atoms with E-state index in [1.54, 1.807) is 0 Å². The normalized spacial score (nSPS) is 11.2. The molecular formula is C11H16N2O3. The number of hydrogen-bond donors (Lipinski definition) is 1. The van der Waals surface area contributed by atoms with Crippen molar-refractivity contribution in [2.75, 3.05) is 6.61 Å². The van der Waals surface area contributed by atoms with Gasteiger partial charge in [-0.3, -0.25) is 0 Å². The molecule has 0 bridgehead atoms. The number of nitrogens with zero attached hydrogens (tertiary/aromatic N) is 2. The van der Waals surface area contributed by atoms with Gasteiger partial charge in [-0.2, -0.15) is 5.10 Å². The minimum atomic E-state index is -1.05. The third-order valence-electron chi connectivity index (χ3n) is 2.01. The summed E-state index contributed by atoms with van der Waals surface area (Å²) in [6.45, 7) is 6.70. The van der Waals surface area contributed by atoms with Crippen LogP contribution in [0.4, 0.5) is 0 Å². The summed E-state index contributed by atoms with van der Waals surface area (Å²) in [6.07, 6.45) is 2.16. The smallest absolute Gasteiger partial charge is 0.341 e. The van der Waals surface area contributed by atoms with E-state index >= 15 is 0 Å². The highest BCUT2D eigenvalue weighted by Gasteiger charge is 2.14. The molecule has 88 valence electrons. The lowest BCUT2D eigenvalue weighted by Gasteiger charge is -2.17. The van der Waals surface area contributed by atoms with Gasteiger partial charge in [-0.1, -0.05) is 20.8 Å². The highest BCUT2D eigenvalue weighted by atomic mass is 16.5. The van der Waals surface area contributed by atoms with Gasteiger partial charge >= 0.3 is 5.97 Å². The van der Waals surface area contributed by atoms with Crippen molar-refractivity contribution < 1.29 is 14.6 Å². The number of rotatable bonds is 4. The molecular weight excluding hydrogens is 208 g/mol. The number of carboxylic acid groups (broad SMARTS) is 1. The van der Waals surface area contributed by atoms with E-state index in [1.807, 2.05) is 0 Å². The van der Waals surface area contributed by atoms with Crippen LogP contribution in [0.1, 0.15) is 37.6 Å². The Hall–Kier alpha value is -1.65. The van der Waals surface area contributed by atoms with Crippen molar-refractivity contribution in [3.8, 4) is 5.88 Å². The van der Waals surface area contributed by atoms with E-state index in [-0.39, 0.29) is 16.9 Å². The monoisotopic (exact) mass is 224 g/mol. The van der Waals surface area contributed by atoms with Crippen LogP contribution in [0.25, 0.3) is 0 Å². The van der Waals surface area contributed by atoms with Crippen LogP contribution in [0.5, 0.6) is 5.88 Å². The van der Waals surface area contributed by atoms with Gasteiger partial charge < -0.3 is 9.84 Å². The van der Waals surface area contributed by atoms with Gasteiger partial charge in [0.1, 0.15) is 5.56 Å². The van der Waals surface area contributed by atoms with Crippen molar-refractivity contribution in [2.24, 2.45) is 5.41 Å². The predicted molar refractivity (Wildman–Crippen MR) is 58.6 cm³/mol. The van der Waals surface area contributed by atoms with E-state index in [2.05, 4.69) is 31.0 Å². The quantitative estimate of drug-likeness (QED) is 0.846. The van der Waals surface area contributed by atoms with Gasteiger partial charge in [0.2, 0.25) is 5.88 Å². The third kappa shape index (κ3) is 3.84. The Kier molecular flexibility index (Phi) is 3.82. The average Bonchev–Trinajstić information content (AvgIpc) is 2.16. The zero-order valence-electron chi connectivity index (χ0n) is 9.73. The summed E-state index contributed by atoms with van der Waals surface area (Å²) in [7, 11) is 0. The highest BCUT2D eigenvalue weighted by molar-refractivity contribution is 5.89. The van der Waals surface area contributed by atoms with Crippen LogP contribution in [0, 0.1) is 5.41 Å². The summed E-state index contributed by atoms with van der Waals surface area (Å²) in [5, 5.41) is 16.1. The molecule has 1 aromatic rings. The molecule has 0 aliphatic carbocycles. The standard InChI is InChI=1S/C11H16N2O3/c1-11(2,3)5-7-16-9-8(10(14)15)4-6-12-13-9/h4,6H,5,7H2,1-3H3,(H,14,15). The Morgan fingerprint density at radius 2 is 2.19 bits per heavy atom. The van der Waals surface area contributed by atoms with Gasteiger partial charge in [-0.15, -0.1) is 5.10 Å². The number of carboxylic acids is 1. The largest absolute Gasteiger partial charge is 0.477 e. The first-order valence-electron chi connectivity index (χ1n) is 5.08. The number of aromatic carboxylic acids is 1. The summed E-state index contributed by atoms with van der Waals surface area (Å²) in [6, 6.07) is 1.38. The molecule has 0 unspecified atom stereocenters. The van der Waals surface area contributed by atoms with Crippen LogP contribution >= 0.6 is 0 Å². The Morgan fingerprint density at radius 3 is 2.75 bits per heavy atom. The fourth-order valence-corrected chi connectivity index (χ4v) is 1.04. The van der Waals surface area contributed by atoms with Gasteiger partial charge in [0.15, 0.2) is 0 Å². The van der Waals surface area contributed by atoms with Crippen molar-refractivity contribution in [2.45, 2.75) is 27.2 Å². The van der Waals surface area contributed by atoms with Gasteiger partial charge in [-0.25, -0.2) is 4.79 Å². The van der Waals surface area contributed by atoms with Gasteiger partial charge in [0.05, 0.1) is 12.8 Å². The molecule has 0 aliphatic heterocycles. The fourth-order valence-electron chi connectivity index (χ4n) is 1.04. The summed E-state index contributed by atoms with van der Waals surface area (Å²) >= 11 is 0. The maximum Gasteiger partial charge on any atom is 0.341 e. The molecule has 0 saturated carbocycles. The minimum absolute atomic E-state index is 0.0453. The van der Waals surface area contributed by atoms with Crippen LogP contribution < -0.4 is 4.74 Å². The molecule has 1 N–H and O–H groups in total. The Balaban J connectivity index is 2.64. The average molecular weight is 224 g/mol. The maximum absolute atomic E-state index is 10.8. The lowest BCUT2D eigenvalue weighted by Crippen LogP contribution is -2.13. The molecule has 5 nitrogen and oxygen atoms in total. The SMILES string of the molecule is CC(C)(C)CCOc1nnccc1C(=O)O. The first-order valence-corrected chi connectivity index (χ1v) is 5.08. The highest BCUT2D eigenvalue weighted by Crippen LogP contribution is 2.20. The first-order chi connectivity index (χ1) is 7.40. The van der Waals surface area contributed by atoms with Gasteiger partial charge in [0.25, 0.3) is 0 Å². The molecule has 1 rings (SSSR count). The van der Waals surface area contributed by atoms with Crippen LogP contribution in [0.3, 0.4) is 0 Å². The zero-order chi connectivity index (χ0) is 12.2. The summed E-state index contributed by atoms with van der Waals surface area (Å²) in [4.78, 5) is 10.8. The molecule has 0 aromatic carbocycles. The summed E-state index contributed by atoms with van der Waals surface area (Å²) in [5.41, 5.74) is 0.190. The second-order valence-corrected chi connectivity index (χ2v) is 4.71. The second-order valence-electron chi connectivity index (χ2n) is 4.71. The molecule has 0 amide bonds. The van der Waals surface area contributed by atoms with Crippen LogP contribution in [0.2, 0.25) is 0 Å². The van der Waals surface area contributed by atoms with E-state index in [0.29, 0.717) is 6.61 Å². The van der Waals surface area contributed by atoms with Crippen LogP contribution in [-0.2, 0) is 0 Å². The van der Waals surface area contributed by atoms with Crippen LogP contribution in [0.15, 0.2) is 12.3 Å². The number of hydrogen-bond acceptors (Lipinski definition) is 4. The lowest BCUT2D eigenvalue weighted by molar-refractivity contribution is 0.0690. The molecule has 1 aromatic heterocycles. The van der Waals surface area contributed by atoms with Gasteiger partial charge in [0, 0.05) is 0 Å². The van der Waals surface area contributed by atoms with E-state index in [4.69, 9.17) is 9.84 Å². The van der Waals surface area contributed by atoms with E-state index < -0.39 is 5.97 Å². The van der Waals surface area contributed by atoms with E-state index in [0.717, 1.165) is 6.42 Å². The van der Waals surface area contributed by atoms with Crippen molar-refractivity contribution in [3.05, 3.63) is 17.8 Å².